The van der Waals surface area contributed by atoms with Crippen molar-refractivity contribution in [3.05, 3.63) is 0 Å². The van der Waals surface area contributed by atoms with Gasteiger partial charge in [-0.15, -0.1) is 0 Å². The van der Waals surface area contributed by atoms with E-state index in [2.05, 4.69) is 0 Å². The summed E-state index contributed by atoms with van der Waals surface area (Å²) in [5.74, 6) is 0. The molecule has 0 amide bonds. The van der Waals surface area contributed by atoms with E-state index in [1.165, 1.54) is 0 Å². The normalized spacial score (nSPS) is 9.67. The maximum absolute atomic E-state index is 8.63. The SMILES string of the molecule is O.O=S(=O)([O-])O.[H+]. The van der Waals surface area contributed by atoms with Crippen LogP contribution >= 0.6 is 0 Å². The van der Waals surface area contributed by atoms with Crippen LogP contribution in [0, 0.1) is 0 Å². The molecule has 0 saturated heterocycles. The van der Waals surface area contributed by atoms with Crippen LogP contribution < -0.4 is 0 Å². The van der Waals surface area contributed by atoms with E-state index >= 15 is 0 Å². The van der Waals surface area contributed by atoms with Crippen LogP contribution in [0.2, 0.25) is 0 Å². The molecule has 0 aromatic rings. The third-order valence-electron chi connectivity index (χ3n) is 0. The van der Waals surface area contributed by atoms with Gasteiger partial charge in [-0.05, 0) is 0 Å². The third-order valence-corrected chi connectivity index (χ3v) is 0. The molecule has 0 aliphatic heterocycles. The lowest BCUT2D eigenvalue weighted by Crippen LogP contribution is -1.90. The molecule has 6 heteroatoms. The van der Waals surface area contributed by atoms with Gasteiger partial charge in [-0.25, -0.2) is 8.42 Å². The zero-order valence-corrected chi connectivity index (χ0v) is 3.40. The summed E-state index contributed by atoms with van der Waals surface area (Å²) < 4.78 is 32.8. The molecule has 0 aromatic heterocycles. The fourth-order valence-corrected chi connectivity index (χ4v) is 0. The molecule has 3 N–H and O–H groups in total. The Bertz CT molecular complexity index is 91.2. The number of hydrogen-bond donors (Lipinski definition) is 1. The largest absolute Gasteiger partial charge is 1.00 e. The Hall–Kier alpha value is -0.170. The van der Waals surface area contributed by atoms with E-state index < -0.39 is 10.4 Å². The van der Waals surface area contributed by atoms with Gasteiger partial charge in [-0.2, -0.15) is 0 Å². The summed E-state index contributed by atoms with van der Waals surface area (Å²) in [4.78, 5) is 0. The highest BCUT2D eigenvalue weighted by atomic mass is 32.3. The Morgan fingerprint density at radius 1 is 1.67 bits per heavy atom. The average Bonchev–Trinajstić information content (AvgIpc) is 0.722. The number of rotatable bonds is 0. The van der Waals surface area contributed by atoms with Gasteiger partial charge in [0.15, 0.2) is 0 Å². The first-order valence-corrected chi connectivity index (χ1v) is 2.05. The van der Waals surface area contributed by atoms with E-state index in [0.29, 0.717) is 0 Å². The molecule has 0 saturated carbocycles. The number of hydrogen-bond acceptors (Lipinski definition) is 3. The summed E-state index contributed by atoms with van der Waals surface area (Å²) in [6, 6.07) is 0. The molecule has 40 valence electrons. The van der Waals surface area contributed by atoms with Crippen molar-refractivity contribution in [3.63, 3.8) is 0 Å². The summed E-state index contributed by atoms with van der Waals surface area (Å²) in [5, 5.41) is 0. The van der Waals surface area contributed by atoms with Crippen molar-refractivity contribution in [3.8, 4) is 0 Å². The first-order chi connectivity index (χ1) is 2.00. The van der Waals surface area contributed by atoms with Crippen LogP contribution in [0.15, 0.2) is 0 Å². The van der Waals surface area contributed by atoms with Crippen molar-refractivity contribution in [2.24, 2.45) is 0 Å². The molecule has 0 radical (unpaired) electrons. The standard InChI is InChI=1S/H2O4S.H2O/c1-5(2,3)4;/h(H2,1,2,3,4);1H2. The van der Waals surface area contributed by atoms with E-state index in [-0.39, 0.29) is 6.90 Å². The monoisotopic (exact) mass is 116 g/mol. The van der Waals surface area contributed by atoms with E-state index in [4.69, 9.17) is 17.5 Å². The molecule has 0 bridgehead atoms. The summed E-state index contributed by atoms with van der Waals surface area (Å²) >= 11 is 0. The Morgan fingerprint density at radius 2 is 1.67 bits per heavy atom. The molecule has 0 aliphatic carbocycles. The fourth-order valence-electron chi connectivity index (χ4n) is 0. The van der Waals surface area contributed by atoms with Gasteiger partial charge in [0, 0.05) is 0 Å². The predicted molar refractivity (Wildman–Crippen MR) is 17.1 cm³/mol. The summed E-state index contributed by atoms with van der Waals surface area (Å²) in [6.45, 7) is 0. The Labute approximate surface area is 36.0 Å². The molecule has 0 heterocycles. The van der Waals surface area contributed by atoms with E-state index in [9.17, 15) is 0 Å². The lowest BCUT2D eigenvalue weighted by molar-refractivity contribution is 0.366. The minimum absolute atomic E-state index is 0. The molecule has 0 fully saturated rings. The molecule has 0 aliphatic rings. The lowest BCUT2D eigenvalue weighted by atomic mass is 15.8. The first kappa shape index (κ1) is 9.27. The summed E-state index contributed by atoms with van der Waals surface area (Å²) in [5.41, 5.74) is 0. The summed E-state index contributed by atoms with van der Waals surface area (Å²) in [6.07, 6.45) is 0. The zero-order chi connectivity index (χ0) is 4.50. The second-order valence-corrected chi connectivity index (χ2v) is 1.28. The van der Waals surface area contributed by atoms with Gasteiger partial charge in [-0.1, -0.05) is 0 Å². The van der Waals surface area contributed by atoms with Crippen LogP contribution in [0.25, 0.3) is 0 Å². The molecule has 0 unspecified atom stereocenters. The van der Waals surface area contributed by atoms with Crippen LogP contribution in [-0.4, -0.2) is 23.0 Å². The van der Waals surface area contributed by atoms with Gasteiger partial charge >= 0.3 is 1.43 Å². The highest BCUT2D eigenvalue weighted by molar-refractivity contribution is 7.79. The molecule has 0 atom stereocenters. The van der Waals surface area contributed by atoms with Crippen LogP contribution in [0.1, 0.15) is 1.43 Å². The van der Waals surface area contributed by atoms with Crippen LogP contribution in [0.3, 0.4) is 0 Å². The van der Waals surface area contributed by atoms with Crippen molar-refractivity contribution in [2.45, 2.75) is 0 Å². The third kappa shape index (κ3) is 1060. The molecule has 5 nitrogen and oxygen atoms in total. The van der Waals surface area contributed by atoms with Gasteiger partial charge in [0.2, 0.25) is 10.4 Å². The highest BCUT2D eigenvalue weighted by Gasteiger charge is 1.67. The Balaban J connectivity index is -0.0000000800. The van der Waals surface area contributed by atoms with Crippen molar-refractivity contribution < 1.29 is 24.4 Å². The smallest absolute Gasteiger partial charge is 0.726 e. The van der Waals surface area contributed by atoms with Crippen molar-refractivity contribution in [1.29, 1.82) is 0 Å². The molecule has 0 aromatic carbocycles. The molecular weight excluding hydrogens is 112 g/mol. The van der Waals surface area contributed by atoms with Crippen LogP contribution in [-0.2, 0) is 10.4 Å². The van der Waals surface area contributed by atoms with E-state index in [1.807, 2.05) is 0 Å². The molecule has 0 rings (SSSR count). The van der Waals surface area contributed by atoms with Crippen LogP contribution in [0.5, 0.6) is 0 Å². The van der Waals surface area contributed by atoms with Crippen LogP contribution in [0.4, 0.5) is 0 Å². The molecule has 6 heavy (non-hydrogen) atoms. The lowest BCUT2D eigenvalue weighted by Gasteiger charge is -1.88. The zero-order valence-electron chi connectivity index (χ0n) is 3.58. The second-order valence-electron chi connectivity index (χ2n) is 0.428. The van der Waals surface area contributed by atoms with Crippen molar-refractivity contribution in [2.75, 3.05) is 0 Å². The van der Waals surface area contributed by atoms with Crippen molar-refractivity contribution >= 4 is 10.4 Å². The van der Waals surface area contributed by atoms with Gasteiger partial charge in [0.25, 0.3) is 0 Å². The van der Waals surface area contributed by atoms with Crippen molar-refractivity contribution in [1.82, 2.24) is 0 Å². The van der Waals surface area contributed by atoms with Gasteiger partial charge in [-0.3, -0.25) is 4.55 Å². The summed E-state index contributed by atoms with van der Waals surface area (Å²) in [7, 11) is -4.92. The molecule has 0 spiro atoms. The predicted octanol–water partition coefficient (Wildman–Crippen LogP) is -1.71. The quantitative estimate of drug-likeness (QED) is 0.300. The van der Waals surface area contributed by atoms with E-state index in [1.54, 1.807) is 0 Å². The minimum atomic E-state index is -4.92. The average molecular weight is 116 g/mol. The van der Waals surface area contributed by atoms with Gasteiger partial charge in [0.05, 0.1) is 0 Å². The Kier molecular flexibility index (Phi) is 3.22. The minimum Gasteiger partial charge on any atom is -0.726 e. The first-order valence-electron chi connectivity index (χ1n) is 0.683. The van der Waals surface area contributed by atoms with E-state index in [0.717, 1.165) is 0 Å². The fraction of sp³-hybridized carbons (Fsp3) is 0. The van der Waals surface area contributed by atoms with Gasteiger partial charge < -0.3 is 10.0 Å². The second kappa shape index (κ2) is 2.08. The molecular formula is H4O5S. The Morgan fingerprint density at radius 3 is 1.67 bits per heavy atom. The topological polar surface area (TPSA) is 109 Å². The maximum Gasteiger partial charge on any atom is 1.00 e. The van der Waals surface area contributed by atoms with Gasteiger partial charge in [0.1, 0.15) is 0 Å². The highest BCUT2D eigenvalue weighted by Crippen LogP contribution is 1.58. The maximum atomic E-state index is 8.63.